The van der Waals surface area contributed by atoms with Crippen LogP contribution in [0.2, 0.25) is 0 Å². The van der Waals surface area contributed by atoms with Gasteiger partial charge < -0.3 is 30.0 Å². The van der Waals surface area contributed by atoms with Crippen LogP contribution in [0.5, 0.6) is 11.8 Å². The van der Waals surface area contributed by atoms with Crippen molar-refractivity contribution in [2.75, 3.05) is 9.80 Å². The Morgan fingerprint density at radius 1 is 0.590 bits per heavy atom. The first-order valence-corrected chi connectivity index (χ1v) is 18.5. The third kappa shape index (κ3) is 7.28. The predicted octanol–water partition coefficient (Wildman–Crippen LogP) is 9.47. The molecule has 0 saturated heterocycles. The highest BCUT2D eigenvalue weighted by Gasteiger charge is 2.41. The van der Waals surface area contributed by atoms with Gasteiger partial charge in [0.15, 0.2) is 11.8 Å². The molecule has 2 aromatic heterocycles. The molecule has 2 aliphatic rings. The molecule has 6 aromatic rings. The molecule has 4 heterocycles. The van der Waals surface area contributed by atoms with Crippen molar-refractivity contribution in [3.05, 3.63) is 154 Å². The summed E-state index contributed by atoms with van der Waals surface area (Å²) < 4.78 is 85.4. The van der Waals surface area contributed by atoms with Crippen molar-refractivity contribution in [1.82, 2.24) is 19.8 Å². The molecule has 4 amide bonds. The smallest absolute Gasteiger partial charge is 0.416 e. The van der Waals surface area contributed by atoms with Gasteiger partial charge in [-0.2, -0.15) is 36.9 Å². The van der Waals surface area contributed by atoms with E-state index >= 15 is 0 Å². The number of rotatable bonds is 8. The van der Waals surface area contributed by atoms with E-state index in [1.54, 1.807) is 24.3 Å². The number of nitriles is 2. The van der Waals surface area contributed by atoms with Gasteiger partial charge in [0.05, 0.1) is 80.4 Å². The van der Waals surface area contributed by atoms with E-state index in [0.717, 1.165) is 46.2 Å². The van der Waals surface area contributed by atoms with Gasteiger partial charge in [0.2, 0.25) is 0 Å². The van der Waals surface area contributed by atoms with Crippen molar-refractivity contribution in [3.8, 4) is 23.9 Å². The lowest BCUT2D eigenvalue weighted by molar-refractivity contribution is -0.138. The van der Waals surface area contributed by atoms with Crippen LogP contribution in [0.4, 0.5) is 58.7 Å². The van der Waals surface area contributed by atoms with Crippen molar-refractivity contribution < 1.29 is 46.1 Å². The van der Waals surface area contributed by atoms with Gasteiger partial charge in [0.1, 0.15) is 0 Å². The highest BCUT2D eigenvalue weighted by molar-refractivity contribution is 6.04. The Bertz CT molecular complexity index is 2590. The topological polar surface area (TPSA) is 163 Å². The minimum atomic E-state index is -4.72. The van der Waals surface area contributed by atoms with E-state index in [4.69, 9.17) is 0 Å². The second-order valence-electron chi connectivity index (χ2n) is 14.2. The average Bonchev–Trinajstić information content (AvgIpc) is 3.74. The normalized spacial score (nSPS) is 16.3. The van der Waals surface area contributed by atoms with Gasteiger partial charge in [-0.1, -0.05) is 36.4 Å². The highest BCUT2D eigenvalue weighted by Crippen LogP contribution is 2.48. The summed E-state index contributed by atoms with van der Waals surface area (Å²) in [6, 6.07) is 21.1. The molecule has 0 fully saturated rings. The van der Waals surface area contributed by atoms with E-state index in [9.17, 15) is 56.7 Å². The number of urea groups is 2. The molecular formula is C43H30F6N8O4. The Balaban J connectivity index is 1.15. The van der Waals surface area contributed by atoms with Crippen LogP contribution in [0.25, 0.3) is 0 Å². The number of amides is 4. The molecule has 2 aliphatic heterocycles. The lowest BCUT2D eigenvalue weighted by Crippen LogP contribution is -2.44. The fraction of sp³-hybridized carbons (Fsp3) is 0.163. The van der Waals surface area contributed by atoms with Gasteiger partial charge in [0, 0.05) is 25.5 Å². The third-order valence-electron chi connectivity index (χ3n) is 10.5. The Morgan fingerprint density at radius 3 is 1.31 bits per heavy atom. The quantitative estimate of drug-likeness (QED) is 0.112. The Labute approximate surface area is 342 Å². The fourth-order valence-electron chi connectivity index (χ4n) is 7.65. The lowest BCUT2D eigenvalue weighted by atomic mass is 9.96. The number of hydrogen-bond acceptors (Lipinski definition) is 6. The average molecular weight is 837 g/mol. The Kier molecular flexibility index (Phi) is 9.86. The second-order valence-corrected chi connectivity index (χ2v) is 14.2. The number of hydrogen-bond donors (Lipinski definition) is 4. The highest BCUT2D eigenvalue weighted by atomic mass is 19.4. The molecule has 0 radical (unpaired) electrons. The van der Waals surface area contributed by atoms with Gasteiger partial charge in [-0.3, -0.25) is 9.80 Å². The van der Waals surface area contributed by atoms with E-state index in [2.05, 4.69) is 10.6 Å². The van der Waals surface area contributed by atoms with E-state index < -0.39 is 47.6 Å². The number of benzene rings is 4. The first kappa shape index (κ1) is 39.9. The molecule has 0 spiro atoms. The Hall–Kier alpha value is -7.86. The maximum Gasteiger partial charge on any atom is 0.416 e. The molecule has 8 rings (SSSR count). The van der Waals surface area contributed by atoms with Crippen LogP contribution in [0, 0.1) is 22.7 Å². The molecule has 4 aromatic carbocycles. The van der Waals surface area contributed by atoms with E-state index in [-0.39, 0.29) is 65.1 Å². The summed E-state index contributed by atoms with van der Waals surface area (Å²) in [6.07, 6.45) is -6.45. The standard InChI is InChI=1S/C43H30F6N8O4/c44-42(45,46)28-4-1-6-30(18-28)56-32-22-54(38(58)34(32)36(52-40(56)60)26-12-8-24(20-50)9-13-26)16-3-17-55-23-33-35(39(55)59)37(27-14-10-25(21-51)11-15-27)53-41(61)57(33)31-7-2-5-29(19-31)43(47,48)49/h1-2,4-15,18-19,22-23,36-37,58-59H,3,16-17H2,(H,52,60)(H,53,61)/t36-,37-/m1/s1. The number of alkyl halides is 6. The van der Waals surface area contributed by atoms with Crippen LogP contribution < -0.4 is 20.4 Å². The van der Waals surface area contributed by atoms with Crippen LogP contribution in [0.15, 0.2) is 109 Å². The summed E-state index contributed by atoms with van der Waals surface area (Å²) in [4.78, 5) is 29.5. The number of carbonyl (C=O) groups excluding carboxylic acids is 2. The summed E-state index contributed by atoms with van der Waals surface area (Å²) in [5.74, 6) is -0.660. The molecule has 18 heteroatoms. The Morgan fingerprint density at radius 2 is 0.967 bits per heavy atom. The molecule has 61 heavy (non-hydrogen) atoms. The number of nitrogens with zero attached hydrogens (tertiary/aromatic N) is 6. The number of aromatic nitrogens is 2. The molecule has 12 nitrogen and oxygen atoms in total. The molecule has 4 N–H and O–H groups in total. The summed E-state index contributed by atoms with van der Waals surface area (Å²) in [5, 5.41) is 47.6. The number of nitrogens with one attached hydrogen (secondary N) is 2. The van der Waals surface area contributed by atoms with Crippen LogP contribution in [-0.2, 0) is 25.4 Å². The maximum atomic E-state index is 13.8. The van der Waals surface area contributed by atoms with Gasteiger partial charge >= 0.3 is 24.4 Å². The summed E-state index contributed by atoms with van der Waals surface area (Å²) >= 11 is 0. The zero-order chi connectivity index (χ0) is 43.4. The largest absolute Gasteiger partial charge is 0.494 e. The molecular weight excluding hydrogens is 807 g/mol. The van der Waals surface area contributed by atoms with Crippen LogP contribution >= 0.6 is 0 Å². The summed E-state index contributed by atoms with van der Waals surface area (Å²) in [5.41, 5.74) is -0.176. The van der Waals surface area contributed by atoms with Crippen LogP contribution in [0.1, 0.15) is 63.0 Å². The van der Waals surface area contributed by atoms with Crippen LogP contribution in [-0.4, -0.2) is 31.4 Å². The molecule has 0 aliphatic carbocycles. The van der Waals surface area contributed by atoms with E-state index in [1.807, 2.05) is 12.1 Å². The number of aromatic hydroxyl groups is 2. The number of fused-ring (bicyclic) bond motifs is 2. The number of carbonyl (C=O) groups is 2. The SMILES string of the molecule is N#Cc1ccc([C@H]2NC(=O)N(c3cccc(C(F)(F)F)c3)c3cn(CCCn4cc5c(c4O)[C@@H](c4ccc(C#N)cc4)NC(=O)N5c4cccc(C(F)(F)F)c4)c(O)c32)cc1. The molecule has 308 valence electrons. The number of halogens is 6. The molecule has 2 atom stereocenters. The van der Waals surface area contributed by atoms with Gasteiger partial charge in [0.25, 0.3) is 0 Å². The lowest BCUT2D eigenvalue weighted by Gasteiger charge is -2.33. The van der Waals surface area contributed by atoms with Crippen molar-refractivity contribution >= 4 is 34.8 Å². The zero-order valence-electron chi connectivity index (χ0n) is 31.3. The number of anilines is 4. The first-order valence-electron chi connectivity index (χ1n) is 18.5. The van der Waals surface area contributed by atoms with E-state index in [0.29, 0.717) is 22.3 Å². The molecule has 0 unspecified atom stereocenters. The molecule has 0 bridgehead atoms. The van der Waals surface area contributed by atoms with Crippen molar-refractivity contribution in [2.24, 2.45) is 0 Å². The number of aryl methyl sites for hydroxylation is 2. The van der Waals surface area contributed by atoms with Crippen molar-refractivity contribution in [1.29, 1.82) is 10.5 Å². The summed E-state index contributed by atoms with van der Waals surface area (Å²) in [7, 11) is 0. The molecule has 0 saturated carbocycles. The van der Waals surface area contributed by atoms with Gasteiger partial charge in [-0.05, 0) is 78.2 Å². The minimum absolute atomic E-state index is 0.0133. The minimum Gasteiger partial charge on any atom is -0.494 e. The third-order valence-corrected chi connectivity index (χ3v) is 10.5. The fourth-order valence-corrected chi connectivity index (χ4v) is 7.65. The second kappa shape index (κ2) is 15.1. The predicted molar refractivity (Wildman–Crippen MR) is 207 cm³/mol. The van der Waals surface area contributed by atoms with E-state index in [1.165, 1.54) is 57.9 Å². The van der Waals surface area contributed by atoms with Crippen molar-refractivity contribution in [3.63, 3.8) is 0 Å². The maximum absolute atomic E-state index is 13.8. The van der Waals surface area contributed by atoms with Gasteiger partial charge in [-0.15, -0.1) is 0 Å². The van der Waals surface area contributed by atoms with Crippen LogP contribution in [0.3, 0.4) is 0 Å². The van der Waals surface area contributed by atoms with Crippen molar-refractivity contribution in [2.45, 2.75) is 43.9 Å². The zero-order valence-corrected chi connectivity index (χ0v) is 31.3. The summed E-state index contributed by atoms with van der Waals surface area (Å²) in [6.45, 7) is 0.0266. The van der Waals surface area contributed by atoms with Gasteiger partial charge in [-0.25, -0.2) is 9.59 Å². The first-order chi connectivity index (χ1) is 29.1. The monoisotopic (exact) mass is 836 g/mol.